The van der Waals surface area contributed by atoms with Crippen molar-refractivity contribution in [1.29, 1.82) is 0 Å². The first-order valence-electron chi connectivity index (χ1n) is 4.34. The SMILES string of the molecule is CC(Cn1cc(N)c(C(N)=O)n1)C(N)=O. The van der Waals surface area contributed by atoms with Crippen molar-refractivity contribution in [2.75, 3.05) is 5.73 Å². The topological polar surface area (TPSA) is 130 Å². The molecular formula is C8H13N5O2. The van der Waals surface area contributed by atoms with E-state index in [1.165, 1.54) is 10.9 Å². The van der Waals surface area contributed by atoms with Crippen LogP contribution in [0.25, 0.3) is 0 Å². The summed E-state index contributed by atoms with van der Waals surface area (Å²) in [7, 11) is 0. The second-order valence-electron chi connectivity index (χ2n) is 3.32. The van der Waals surface area contributed by atoms with Gasteiger partial charge >= 0.3 is 0 Å². The fraction of sp³-hybridized carbons (Fsp3) is 0.375. The Morgan fingerprint density at radius 2 is 2.13 bits per heavy atom. The highest BCUT2D eigenvalue weighted by Gasteiger charge is 2.14. The summed E-state index contributed by atoms with van der Waals surface area (Å²) >= 11 is 0. The quantitative estimate of drug-likeness (QED) is 0.570. The monoisotopic (exact) mass is 211 g/mol. The van der Waals surface area contributed by atoms with Gasteiger partial charge in [0.15, 0.2) is 5.69 Å². The van der Waals surface area contributed by atoms with E-state index in [0.29, 0.717) is 0 Å². The predicted octanol–water partition coefficient (Wildman–Crippen LogP) is -1.31. The minimum Gasteiger partial charge on any atom is -0.396 e. The summed E-state index contributed by atoms with van der Waals surface area (Å²) in [5.74, 6) is -1.52. The zero-order valence-electron chi connectivity index (χ0n) is 8.30. The molecule has 0 spiro atoms. The number of carbonyl (C=O) groups excluding carboxylic acids is 2. The molecule has 1 heterocycles. The van der Waals surface area contributed by atoms with Gasteiger partial charge in [0, 0.05) is 6.20 Å². The summed E-state index contributed by atoms with van der Waals surface area (Å²) in [5, 5.41) is 3.84. The van der Waals surface area contributed by atoms with Crippen LogP contribution >= 0.6 is 0 Å². The van der Waals surface area contributed by atoms with E-state index in [1.807, 2.05) is 0 Å². The first-order chi connectivity index (χ1) is 6.91. The molecule has 1 atom stereocenters. The summed E-state index contributed by atoms with van der Waals surface area (Å²) in [4.78, 5) is 21.6. The van der Waals surface area contributed by atoms with Crippen molar-refractivity contribution in [3.8, 4) is 0 Å². The van der Waals surface area contributed by atoms with E-state index in [4.69, 9.17) is 17.2 Å². The predicted molar refractivity (Wildman–Crippen MR) is 53.5 cm³/mol. The number of amides is 2. The smallest absolute Gasteiger partial charge is 0.271 e. The zero-order chi connectivity index (χ0) is 11.6. The molecule has 6 N–H and O–H groups in total. The van der Waals surface area contributed by atoms with Crippen LogP contribution < -0.4 is 17.2 Å². The van der Waals surface area contributed by atoms with E-state index >= 15 is 0 Å². The third-order valence-corrected chi connectivity index (χ3v) is 1.97. The van der Waals surface area contributed by atoms with Crippen molar-refractivity contribution in [1.82, 2.24) is 9.78 Å². The minimum absolute atomic E-state index is 0.00618. The Hall–Kier alpha value is -2.05. The maximum Gasteiger partial charge on any atom is 0.271 e. The molecule has 15 heavy (non-hydrogen) atoms. The molecule has 0 saturated heterocycles. The van der Waals surface area contributed by atoms with Crippen molar-refractivity contribution in [3.63, 3.8) is 0 Å². The maximum atomic E-state index is 10.8. The van der Waals surface area contributed by atoms with Crippen LogP contribution in [0.1, 0.15) is 17.4 Å². The molecule has 0 aliphatic heterocycles. The molecule has 1 unspecified atom stereocenters. The van der Waals surface area contributed by atoms with Gasteiger partial charge in [-0.2, -0.15) is 5.10 Å². The van der Waals surface area contributed by atoms with Crippen molar-refractivity contribution in [2.45, 2.75) is 13.5 Å². The van der Waals surface area contributed by atoms with Gasteiger partial charge in [-0.3, -0.25) is 14.3 Å². The molecule has 2 amide bonds. The Kier molecular flexibility index (Phi) is 2.93. The second kappa shape index (κ2) is 3.99. The Labute approximate surface area is 86.2 Å². The Morgan fingerprint density at radius 1 is 1.53 bits per heavy atom. The summed E-state index contributed by atoms with van der Waals surface area (Å²) in [5.41, 5.74) is 15.8. The van der Waals surface area contributed by atoms with E-state index in [1.54, 1.807) is 6.92 Å². The number of aromatic nitrogens is 2. The lowest BCUT2D eigenvalue weighted by molar-refractivity contribution is -0.121. The number of hydrogen-bond acceptors (Lipinski definition) is 4. The summed E-state index contributed by atoms with van der Waals surface area (Å²) in [6.45, 7) is 1.93. The van der Waals surface area contributed by atoms with E-state index in [9.17, 15) is 9.59 Å². The Balaban J connectivity index is 2.84. The van der Waals surface area contributed by atoms with Gasteiger partial charge in [-0.25, -0.2) is 0 Å². The highest BCUT2D eigenvalue weighted by Crippen LogP contribution is 2.09. The molecule has 0 bridgehead atoms. The van der Waals surface area contributed by atoms with Crippen LogP contribution in [0.3, 0.4) is 0 Å². The van der Waals surface area contributed by atoms with Gasteiger partial charge < -0.3 is 17.2 Å². The van der Waals surface area contributed by atoms with E-state index < -0.39 is 11.8 Å². The van der Waals surface area contributed by atoms with Gasteiger partial charge in [-0.15, -0.1) is 0 Å². The van der Waals surface area contributed by atoms with Crippen LogP contribution in [0.4, 0.5) is 5.69 Å². The number of hydrogen-bond donors (Lipinski definition) is 3. The molecule has 7 heteroatoms. The zero-order valence-corrected chi connectivity index (χ0v) is 8.30. The lowest BCUT2D eigenvalue weighted by Gasteiger charge is -2.05. The molecule has 0 aliphatic carbocycles. The molecule has 0 fully saturated rings. The largest absolute Gasteiger partial charge is 0.396 e. The summed E-state index contributed by atoms with van der Waals surface area (Å²) in [6.07, 6.45) is 1.44. The molecule has 0 aliphatic rings. The van der Waals surface area contributed by atoms with Crippen LogP contribution in [0.2, 0.25) is 0 Å². The molecule has 0 saturated carbocycles. The molecular weight excluding hydrogens is 198 g/mol. The Morgan fingerprint density at radius 3 is 2.53 bits per heavy atom. The van der Waals surface area contributed by atoms with Crippen molar-refractivity contribution >= 4 is 17.5 Å². The van der Waals surface area contributed by atoms with Crippen LogP contribution in [0, 0.1) is 5.92 Å². The number of nitrogens with two attached hydrogens (primary N) is 3. The van der Waals surface area contributed by atoms with Crippen LogP contribution in [-0.2, 0) is 11.3 Å². The standard InChI is InChI=1S/C8H13N5O2/c1-4(7(10)14)2-13-3-5(9)6(12-13)8(11)15/h3-4H,2,9H2,1H3,(H2,10,14)(H2,11,15). The van der Waals surface area contributed by atoms with Crippen LogP contribution in [0.15, 0.2) is 6.20 Å². The summed E-state index contributed by atoms with van der Waals surface area (Å²) < 4.78 is 1.38. The lowest BCUT2D eigenvalue weighted by atomic mass is 10.2. The fourth-order valence-corrected chi connectivity index (χ4v) is 1.09. The number of rotatable bonds is 4. The van der Waals surface area contributed by atoms with Gasteiger partial charge in [-0.1, -0.05) is 6.92 Å². The fourth-order valence-electron chi connectivity index (χ4n) is 1.09. The average Bonchev–Trinajstić information content (AvgIpc) is 2.46. The normalized spacial score (nSPS) is 12.3. The number of primary amides is 2. The number of nitrogen functional groups attached to an aromatic ring is 1. The molecule has 1 aromatic rings. The van der Waals surface area contributed by atoms with Gasteiger partial charge in [0.05, 0.1) is 18.2 Å². The van der Waals surface area contributed by atoms with E-state index in [-0.39, 0.29) is 23.8 Å². The molecule has 82 valence electrons. The number of nitrogens with zero attached hydrogens (tertiary/aromatic N) is 2. The highest BCUT2D eigenvalue weighted by atomic mass is 16.1. The second-order valence-corrected chi connectivity index (χ2v) is 3.32. The number of anilines is 1. The van der Waals surface area contributed by atoms with Gasteiger partial charge in [0.2, 0.25) is 5.91 Å². The first-order valence-corrected chi connectivity index (χ1v) is 4.34. The minimum atomic E-state index is -0.696. The highest BCUT2D eigenvalue weighted by molar-refractivity contribution is 5.95. The van der Waals surface area contributed by atoms with Crippen molar-refractivity contribution < 1.29 is 9.59 Å². The third-order valence-electron chi connectivity index (χ3n) is 1.97. The van der Waals surface area contributed by atoms with Gasteiger partial charge in [-0.05, 0) is 0 Å². The van der Waals surface area contributed by atoms with E-state index in [2.05, 4.69) is 5.10 Å². The van der Waals surface area contributed by atoms with Crippen molar-refractivity contribution in [3.05, 3.63) is 11.9 Å². The number of carbonyl (C=O) groups is 2. The Bertz CT molecular complexity index is 398. The molecule has 7 nitrogen and oxygen atoms in total. The molecule has 1 aromatic heterocycles. The molecule has 0 aromatic carbocycles. The lowest BCUT2D eigenvalue weighted by Crippen LogP contribution is -2.25. The van der Waals surface area contributed by atoms with Crippen molar-refractivity contribution in [2.24, 2.45) is 17.4 Å². The maximum absolute atomic E-state index is 10.8. The first kappa shape index (κ1) is 11.0. The molecule has 1 rings (SSSR count). The molecule has 0 radical (unpaired) electrons. The van der Waals surface area contributed by atoms with Gasteiger partial charge in [0.1, 0.15) is 0 Å². The third kappa shape index (κ3) is 2.46. The van der Waals surface area contributed by atoms with Crippen LogP contribution in [-0.4, -0.2) is 21.6 Å². The van der Waals surface area contributed by atoms with Crippen LogP contribution in [0.5, 0.6) is 0 Å². The van der Waals surface area contributed by atoms with Gasteiger partial charge in [0.25, 0.3) is 5.91 Å². The average molecular weight is 211 g/mol. The summed E-state index contributed by atoms with van der Waals surface area (Å²) in [6, 6.07) is 0. The van der Waals surface area contributed by atoms with E-state index in [0.717, 1.165) is 0 Å².